The van der Waals surface area contributed by atoms with E-state index >= 15 is 0 Å². The van der Waals surface area contributed by atoms with Crippen molar-refractivity contribution in [2.45, 2.75) is 70.4 Å². The van der Waals surface area contributed by atoms with E-state index in [1.165, 1.54) is 56.7 Å². The number of phenols is 1. The first-order chi connectivity index (χ1) is 20.1. The van der Waals surface area contributed by atoms with Crippen molar-refractivity contribution in [3.05, 3.63) is 84.2 Å². The van der Waals surface area contributed by atoms with E-state index < -0.39 is 0 Å². The Morgan fingerprint density at radius 1 is 0.878 bits per heavy atom. The highest BCUT2D eigenvalue weighted by molar-refractivity contribution is 5.91. The molecule has 0 saturated carbocycles. The summed E-state index contributed by atoms with van der Waals surface area (Å²) in [6.45, 7) is 4.42. The second-order valence-electron chi connectivity index (χ2n) is 10.9. The fourth-order valence-electron chi connectivity index (χ4n) is 5.39. The number of rotatable bonds is 15. The van der Waals surface area contributed by atoms with Crippen LogP contribution in [0, 0.1) is 5.82 Å². The van der Waals surface area contributed by atoms with Crippen molar-refractivity contribution >= 4 is 11.8 Å². The molecular weight excluding hydrogens is 517 g/mol. The number of ether oxygens (including phenoxy) is 1. The molecule has 3 aromatic carbocycles. The van der Waals surface area contributed by atoms with E-state index in [9.17, 15) is 14.3 Å². The van der Waals surface area contributed by atoms with Crippen molar-refractivity contribution in [3.63, 3.8) is 0 Å². The normalized spacial score (nSPS) is 14.2. The molecule has 0 spiro atoms. The standard InChI is InChI=1S/C34H44FN3O3/c35-29-17-18-33(39)28(25-29)26-36-21-11-4-2-1-3-5-12-22-38-23-19-30(20-24-38)41-34(40)37-32-16-10-9-15-31(32)27-13-7-6-8-14-27/h6-10,13-18,25,30,36,39H,1-5,11-12,19-24,26H2,(H,37,40). The molecule has 1 aliphatic heterocycles. The molecule has 4 rings (SSSR count). The highest BCUT2D eigenvalue weighted by Crippen LogP contribution is 2.28. The number of carbonyl (C=O) groups is 1. The molecule has 0 aliphatic carbocycles. The number of piperidine rings is 1. The Morgan fingerprint density at radius 2 is 1.56 bits per heavy atom. The SMILES string of the molecule is O=C(Nc1ccccc1-c1ccccc1)OC1CCN(CCCCCCCCCNCc2cc(F)ccc2O)CC1. The minimum absolute atomic E-state index is 0.0378. The van der Waals surface area contributed by atoms with Crippen LogP contribution in [0.25, 0.3) is 11.1 Å². The number of halogens is 1. The molecule has 41 heavy (non-hydrogen) atoms. The Balaban J connectivity index is 1.00. The average molecular weight is 562 g/mol. The Bertz CT molecular complexity index is 1200. The van der Waals surface area contributed by atoms with E-state index in [2.05, 4.69) is 15.5 Å². The van der Waals surface area contributed by atoms with Gasteiger partial charge in [-0.05, 0) is 68.6 Å². The van der Waals surface area contributed by atoms with Gasteiger partial charge in [-0.2, -0.15) is 0 Å². The lowest BCUT2D eigenvalue weighted by molar-refractivity contribution is 0.0585. The number of phenolic OH excluding ortho intramolecular Hbond substituents is 1. The molecule has 6 nitrogen and oxygen atoms in total. The van der Waals surface area contributed by atoms with Gasteiger partial charge in [0, 0.05) is 30.8 Å². The number of nitrogens with zero attached hydrogens (tertiary/aromatic N) is 1. The van der Waals surface area contributed by atoms with Crippen LogP contribution < -0.4 is 10.6 Å². The van der Waals surface area contributed by atoms with Gasteiger partial charge in [-0.15, -0.1) is 0 Å². The fourth-order valence-corrected chi connectivity index (χ4v) is 5.39. The van der Waals surface area contributed by atoms with E-state index in [0.717, 1.165) is 62.3 Å². The van der Waals surface area contributed by atoms with Gasteiger partial charge in [0.1, 0.15) is 17.7 Å². The predicted molar refractivity (Wildman–Crippen MR) is 164 cm³/mol. The van der Waals surface area contributed by atoms with Crippen LogP contribution in [0.5, 0.6) is 5.75 Å². The largest absolute Gasteiger partial charge is 0.508 e. The number of para-hydroxylation sites is 1. The van der Waals surface area contributed by atoms with Crippen molar-refractivity contribution < 1.29 is 19.0 Å². The number of nitrogens with one attached hydrogen (secondary N) is 2. The van der Waals surface area contributed by atoms with Crippen LogP contribution in [0.3, 0.4) is 0 Å². The van der Waals surface area contributed by atoms with E-state index in [-0.39, 0.29) is 23.8 Å². The van der Waals surface area contributed by atoms with E-state index in [0.29, 0.717) is 12.1 Å². The lowest BCUT2D eigenvalue weighted by atomic mass is 10.0. The van der Waals surface area contributed by atoms with Crippen molar-refractivity contribution in [2.24, 2.45) is 0 Å². The zero-order valence-corrected chi connectivity index (χ0v) is 24.0. The molecule has 1 amide bonds. The Labute approximate surface area is 243 Å². The van der Waals surface area contributed by atoms with Gasteiger partial charge in [0.2, 0.25) is 0 Å². The van der Waals surface area contributed by atoms with Crippen LogP contribution in [0.2, 0.25) is 0 Å². The molecule has 1 aliphatic rings. The van der Waals surface area contributed by atoms with Gasteiger partial charge < -0.3 is 20.1 Å². The Morgan fingerprint density at radius 3 is 2.34 bits per heavy atom. The van der Waals surface area contributed by atoms with E-state index in [4.69, 9.17) is 4.74 Å². The lowest BCUT2D eigenvalue weighted by Gasteiger charge is -2.31. The first-order valence-corrected chi connectivity index (χ1v) is 15.1. The van der Waals surface area contributed by atoms with Crippen molar-refractivity contribution in [1.82, 2.24) is 10.2 Å². The highest BCUT2D eigenvalue weighted by Gasteiger charge is 2.22. The predicted octanol–water partition coefficient (Wildman–Crippen LogP) is 7.73. The molecule has 1 saturated heterocycles. The molecule has 3 N–H and O–H groups in total. The third-order valence-electron chi connectivity index (χ3n) is 7.74. The molecule has 0 aromatic heterocycles. The third-order valence-corrected chi connectivity index (χ3v) is 7.74. The number of anilines is 1. The molecule has 220 valence electrons. The summed E-state index contributed by atoms with van der Waals surface area (Å²) in [6.07, 6.45) is 9.80. The molecule has 0 atom stereocenters. The van der Waals surface area contributed by atoms with Crippen LogP contribution in [-0.4, -0.2) is 48.4 Å². The van der Waals surface area contributed by atoms with Crippen LogP contribution >= 0.6 is 0 Å². The van der Waals surface area contributed by atoms with Crippen LogP contribution in [-0.2, 0) is 11.3 Å². The highest BCUT2D eigenvalue weighted by atomic mass is 19.1. The minimum Gasteiger partial charge on any atom is -0.508 e. The van der Waals surface area contributed by atoms with Crippen LogP contribution in [0.15, 0.2) is 72.8 Å². The molecular formula is C34H44FN3O3. The quantitative estimate of drug-likeness (QED) is 0.166. The molecule has 1 fully saturated rings. The van der Waals surface area contributed by atoms with Crippen LogP contribution in [0.1, 0.15) is 63.4 Å². The summed E-state index contributed by atoms with van der Waals surface area (Å²) in [4.78, 5) is 15.1. The first-order valence-electron chi connectivity index (χ1n) is 15.1. The van der Waals surface area contributed by atoms with Crippen molar-refractivity contribution in [1.29, 1.82) is 0 Å². The molecule has 3 aromatic rings. The van der Waals surface area contributed by atoms with E-state index in [1.54, 1.807) is 0 Å². The molecule has 1 heterocycles. The number of carbonyl (C=O) groups excluding carboxylic acids is 1. The lowest BCUT2D eigenvalue weighted by Crippen LogP contribution is -2.38. The Kier molecular flexibility index (Phi) is 12.5. The molecule has 7 heteroatoms. The van der Waals surface area contributed by atoms with Gasteiger partial charge in [-0.25, -0.2) is 9.18 Å². The zero-order chi connectivity index (χ0) is 28.7. The van der Waals surface area contributed by atoms with E-state index in [1.807, 2.05) is 54.6 Å². The number of benzene rings is 3. The van der Waals surface area contributed by atoms with Gasteiger partial charge >= 0.3 is 6.09 Å². The van der Waals surface area contributed by atoms with Gasteiger partial charge in [-0.3, -0.25) is 5.32 Å². The second kappa shape index (κ2) is 16.7. The third kappa shape index (κ3) is 10.5. The van der Waals surface area contributed by atoms with Gasteiger partial charge in [0.25, 0.3) is 0 Å². The molecule has 0 bridgehead atoms. The van der Waals surface area contributed by atoms with Gasteiger partial charge in [0.15, 0.2) is 0 Å². The summed E-state index contributed by atoms with van der Waals surface area (Å²) in [5.41, 5.74) is 3.41. The van der Waals surface area contributed by atoms with Crippen LogP contribution in [0.4, 0.5) is 14.9 Å². The summed E-state index contributed by atoms with van der Waals surface area (Å²) in [6, 6.07) is 21.9. The summed E-state index contributed by atoms with van der Waals surface area (Å²) in [7, 11) is 0. The first kappa shape index (κ1) is 30.5. The number of hydrogen-bond acceptors (Lipinski definition) is 5. The maximum Gasteiger partial charge on any atom is 0.411 e. The average Bonchev–Trinajstić information content (AvgIpc) is 2.99. The van der Waals surface area contributed by atoms with Crippen molar-refractivity contribution in [2.75, 3.05) is 31.5 Å². The maximum absolute atomic E-state index is 13.3. The zero-order valence-electron chi connectivity index (χ0n) is 24.0. The topological polar surface area (TPSA) is 73.8 Å². The van der Waals surface area contributed by atoms with Crippen molar-refractivity contribution in [3.8, 4) is 16.9 Å². The summed E-state index contributed by atoms with van der Waals surface area (Å²) < 4.78 is 19.0. The second-order valence-corrected chi connectivity index (χ2v) is 10.9. The number of aromatic hydroxyl groups is 1. The molecule has 0 unspecified atom stereocenters. The minimum atomic E-state index is -0.381. The summed E-state index contributed by atoms with van der Waals surface area (Å²) >= 11 is 0. The van der Waals surface area contributed by atoms with Gasteiger partial charge in [0.05, 0.1) is 5.69 Å². The number of hydrogen-bond donors (Lipinski definition) is 3. The molecule has 0 radical (unpaired) electrons. The number of amides is 1. The Hall–Kier alpha value is -3.42. The maximum atomic E-state index is 13.3. The summed E-state index contributed by atoms with van der Waals surface area (Å²) in [5, 5.41) is 16.0. The number of unbranched alkanes of at least 4 members (excludes halogenated alkanes) is 6. The smallest absolute Gasteiger partial charge is 0.411 e. The van der Waals surface area contributed by atoms with Gasteiger partial charge in [-0.1, -0.05) is 80.6 Å². The number of likely N-dealkylation sites (tertiary alicyclic amines) is 1. The monoisotopic (exact) mass is 561 g/mol. The fraction of sp³-hybridized carbons (Fsp3) is 0.441. The summed E-state index contributed by atoms with van der Waals surface area (Å²) in [5.74, 6) is -0.180.